The third-order valence-corrected chi connectivity index (χ3v) is 3.09. The van der Waals surface area contributed by atoms with Gasteiger partial charge in [0, 0.05) is 7.05 Å². The molecule has 0 bridgehead atoms. The summed E-state index contributed by atoms with van der Waals surface area (Å²) in [5.74, 6) is -0.567. The van der Waals surface area contributed by atoms with Crippen molar-refractivity contribution in [1.29, 1.82) is 5.26 Å². The van der Waals surface area contributed by atoms with Gasteiger partial charge in [-0.1, -0.05) is 12.8 Å². The minimum absolute atomic E-state index is 0.251. The molecule has 5 heteroatoms. The van der Waals surface area contributed by atoms with Gasteiger partial charge in [0.15, 0.2) is 0 Å². The van der Waals surface area contributed by atoms with E-state index in [4.69, 9.17) is 5.26 Å². The first kappa shape index (κ1) is 12.5. The SMILES string of the molecule is CNC(=O)C(C)NC(=O)C1(C#N)CCCC1. The minimum atomic E-state index is -0.914. The molecule has 1 atom stereocenters. The Bertz CT molecular complexity index is 327. The Morgan fingerprint density at radius 2 is 1.94 bits per heavy atom. The standard InChI is InChI=1S/C11H17N3O2/c1-8(9(15)13-2)14-10(16)11(7-12)5-3-4-6-11/h8H,3-6H2,1-2H3,(H,13,15)(H,14,16). The average molecular weight is 223 g/mol. The summed E-state index contributed by atoms with van der Waals surface area (Å²) in [7, 11) is 1.51. The lowest BCUT2D eigenvalue weighted by molar-refractivity contribution is -0.132. The van der Waals surface area contributed by atoms with E-state index in [9.17, 15) is 9.59 Å². The van der Waals surface area contributed by atoms with E-state index in [-0.39, 0.29) is 11.8 Å². The largest absolute Gasteiger partial charge is 0.357 e. The number of hydrogen-bond donors (Lipinski definition) is 2. The fourth-order valence-corrected chi connectivity index (χ4v) is 1.99. The van der Waals surface area contributed by atoms with E-state index in [0.29, 0.717) is 12.8 Å². The number of rotatable bonds is 3. The third-order valence-electron chi connectivity index (χ3n) is 3.09. The molecule has 0 aromatic heterocycles. The van der Waals surface area contributed by atoms with Gasteiger partial charge < -0.3 is 10.6 Å². The molecule has 1 aliphatic carbocycles. The van der Waals surface area contributed by atoms with E-state index in [1.165, 1.54) is 7.05 Å². The molecule has 0 aromatic rings. The van der Waals surface area contributed by atoms with Gasteiger partial charge in [-0.15, -0.1) is 0 Å². The van der Waals surface area contributed by atoms with E-state index in [0.717, 1.165) is 12.8 Å². The van der Waals surface area contributed by atoms with Crippen molar-refractivity contribution in [3.8, 4) is 6.07 Å². The first-order valence-corrected chi connectivity index (χ1v) is 5.49. The summed E-state index contributed by atoms with van der Waals surface area (Å²) in [6.07, 6.45) is 2.98. The second kappa shape index (κ2) is 4.97. The van der Waals surface area contributed by atoms with Gasteiger partial charge >= 0.3 is 0 Å². The highest BCUT2D eigenvalue weighted by molar-refractivity contribution is 5.91. The van der Waals surface area contributed by atoms with E-state index >= 15 is 0 Å². The molecule has 0 spiro atoms. The highest BCUT2D eigenvalue weighted by Gasteiger charge is 2.42. The van der Waals surface area contributed by atoms with Crippen LogP contribution in [0.15, 0.2) is 0 Å². The number of carbonyl (C=O) groups is 2. The molecule has 0 aromatic carbocycles. The summed E-state index contributed by atoms with van der Waals surface area (Å²) < 4.78 is 0. The maximum Gasteiger partial charge on any atom is 0.242 e. The van der Waals surface area contributed by atoms with Gasteiger partial charge in [-0.05, 0) is 19.8 Å². The first-order valence-electron chi connectivity index (χ1n) is 5.49. The Morgan fingerprint density at radius 3 is 2.38 bits per heavy atom. The normalized spacial score (nSPS) is 19.6. The van der Waals surface area contributed by atoms with Crippen LogP contribution in [0.1, 0.15) is 32.6 Å². The van der Waals surface area contributed by atoms with Gasteiger partial charge in [0.25, 0.3) is 0 Å². The molecule has 0 radical (unpaired) electrons. The molecule has 0 heterocycles. The van der Waals surface area contributed by atoms with E-state index in [2.05, 4.69) is 16.7 Å². The van der Waals surface area contributed by atoms with Crippen LogP contribution in [-0.4, -0.2) is 24.9 Å². The van der Waals surface area contributed by atoms with Crippen molar-refractivity contribution >= 4 is 11.8 Å². The number of amides is 2. The highest BCUT2D eigenvalue weighted by atomic mass is 16.2. The van der Waals surface area contributed by atoms with Gasteiger partial charge in [-0.2, -0.15) is 5.26 Å². The van der Waals surface area contributed by atoms with Crippen molar-refractivity contribution in [2.24, 2.45) is 5.41 Å². The summed E-state index contributed by atoms with van der Waals surface area (Å²) in [5, 5.41) is 14.1. The van der Waals surface area contributed by atoms with Crippen molar-refractivity contribution in [3.63, 3.8) is 0 Å². The average Bonchev–Trinajstić information content (AvgIpc) is 2.77. The van der Waals surface area contributed by atoms with E-state index in [1.54, 1.807) is 6.92 Å². The van der Waals surface area contributed by atoms with Gasteiger partial charge in [0.05, 0.1) is 6.07 Å². The van der Waals surface area contributed by atoms with Crippen molar-refractivity contribution in [3.05, 3.63) is 0 Å². The molecule has 1 unspecified atom stereocenters. The predicted molar refractivity (Wildman–Crippen MR) is 58.2 cm³/mol. The molecule has 1 aliphatic rings. The van der Waals surface area contributed by atoms with Crippen molar-refractivity contribution < 1.29 is 9.59 Å². The third kappa shape index (κ3) is 2.32. The second-order valence-corrected chi connectivity index (χ2v) is 4.21. The number of carbonyl (C=O) groups excluding carboxylic acids is 2. The zero-order chi connectivity index (χ0) is 12.2. The molecule has 1 fully saturated rings. The molecule has 0 aliphatic heterocycles. The summed E-state index contributed by atoms with van der Waals surface area (Å²) in [6.45, 7) is 1.61. The molecule has 1 rings (SSSR count). The quantitative estimate of drug-likeness (QED) is 0.723. The molecular weight excluding hydrogens is 206 g/mol. The number of nitrogens with one attached hydrogen (secondary N) is 2. The van der Waals surface area contributed by atoms with Gasteiger partial charge in [-0.25, -0.2) is 0 Å². The van der Waals surface area contributed by atoms with Crippen LogP contribution in [0.5, 0.6) is 0 Å². The van der Waals surface area contributed by atoms with Crippen LogP contribution in [-0.2, 0) is 9.59 Å². The Hall–Kier alpha value is -1.57. The van der Waals surface area contributed by atoms with Crippen LogP contribution in [0.3, 0.4) is 0 Å². The van der Waals surface area contributed by atoms with Crippen LogP contribution >= 0.6 is 0 Å². The number of nitrogens with zero attached hydrogens (tertiary/aromatic N) is 1. The molecule has 2 amide bonds. The Labute approximate surface area is 95.2 Å². The predicted octanol–water partition coefficient (Wildman–Crippen LogP) is 0.321. The first-order chi connectivity index (χ1) is 7.55. The number of hydrogen-bond acceptors (Lipinski definition) is 3. The summed E-state index contributed by atoms with van der Waals surface area (Å²) in [6, 6.07) is 1.50. The molecule has 88 valence electrons. The molecule has 1 saturated carbocycles. The van der Waals surface area contributed by atoms with Crippen LogP contribution in [0.25, 0.3) is 0 Å². The molecular formula is C11H17N3O2. The smallest absolute Gasteiger partial charge is 0.242 e. The summed E-state index contributed by atoms with van der Waals surface area (Å²) >= 11 is 0. The van der Waals surface area contributed by atoms with E-state index in [1.807, 2.05) is 0 Å². The Morgan fingerprint density at radius 1 is 1.38 bits per heavy atom. The second-order valence-electron chi connectivity index (χ2n) is 4.21. The minimum Gasteiger partial charge on any atom is -0.357 e. The van der Waals surface area contributed by atoms with Crippen LogP contribution in [0.2, 0.25) is 0 Å². The van der Waals surface area contributed by atoms with Crippen molar-refractivity contribution in [2.75, 3.05) is 7.05 Å². The van der Waals surface area contributed by atoms with Crippen LogP contribution in [0.4, 0.5) is 0 Å². The molecule has 5 nitrogen and oxygen atoms in total. The lowest BCUT2D eigenvalue weighted by Gasteiger charge is -2.21. The zero-order valence-corrected chi connectivity index (χ0v) is 9.67. The van der Waals surface area contributed by atoms with Crippen LogP contribution < -0.4 is 10.6 Å². The van der Waals surface area contributed by atoms with Crippen LogP contribution in [0, 0.1) is 16.7 Å². The summed E-state index contributed by atoms with van der Waals surface area (Å²) in [5.41, 5.74) is -0.914. The van der Waals surface area contributed by atoms with Gasteiger partial charge in [-0.3, -0.25) is 9.59 Å². The topological polar surface area (TPSA) is 82.0 Å². The number of likely N-dealkylation sites (N-methyl/N-ethyl adjacent to an activating group) is 1. The van der Waals surface area contributed by atoms with E-state index < -0.39 is 11.5 Å². The number of nitriles is 1. The zero-order valence-electron chi connectivity index (χ0n) is 9.67. The van der Waals surface area contributed by atoms with Crippen molar-refractivity contribution in [2.45, 2.75) is 38.6 Å². The van der Waals surface area contributed by atoms with Crippen molar-refractivity contribution in [1.82, 2.24) is 10.6 Å². The maximum absolute atomic E-state index is 11.9. The highest BCUT2D eigenvalue weighted by Crippen LogP contribution is 2.37. The lowest BCUT2D eigenvalue weighted by atomic mass is 9.87. The Kier molecular flexibility index (Phi) is 3.88. The lowest BCUT2D eigenvalue weighted by Crippen LogP contribution is -2.48. The molecule has 0 saturated heterocycles. The maximum atomic E-state index is 11.9. The monoisotopic (exact) mass is 223 g/mol. The fourth-order valence-electron chi connectivity index (χ4n) is 1.99. The van der Waals surface area contributed by atoms with Gasteiger partial charge in [0.2, 0.25) is 11.8 Å². The molecule has 16 heavy (non-hydrogen) atoms. The molecule has 2 N–H and O–H groups in total. The Balaban J connectivity index is 2.64. The fraction of sp³-hybridized carbons (Fsp3) is 0.727. The van der Waals surface area contributed by atoms with Gasteiger partial charge in [0.1, 0.15) is 11.5 Å². The summed E-state index contributed by atoms with van der Waals surface area (Å²) in [4.78, 5) is 23.2.